The third-order valence-corrected chi connectivity index (χ3v) is 4.00. The van der Waals surface area contributed by atoms with E-state index in [0.717, 1.165) is 35.3 Å². The lowest BCUT2D eigenvalue weighted by Gasteiger charge is -2.21. The molecule has 2 aromatic heterocycles. The van der Waals surface area contributed by atoms with Crippen molar-refractivity contribution in [1.29, 1.82) is 0 Å². The summed E-state index contributed by atoms with van der Waals surface area (Å²) in [5, 5.41) is 6.48. The molecule has 0 radical (unpaired) electrons. The topological polar surface area (TPSA) is 62.6 Å². The molecule has 6 nitrogen and oxygen atoms in total. The van der Waals surface area contributed by atoms with E-state index < -0.39 is 0 Å². The Labute approximate surface area is 141 Å². The Kier molecular flexibility index (Phi) is 6.34. The summed E-state index contributed by atoms with van der Waals surface area (Å²) < 4.78 is 5.15. The van der Waals surface area contributed by atoms with Crippen LogP contribution in [0.15, 0.2) is 28.7 Å². The van der Waals surface area contributed by atoms with Crippen molar-refractivity contribution >= 4 is 17.3 Å². The molecule has 0 bridgehead atoms. The largest absolute Gasteiger partial charge is 0.481 e. The van der Waals surface area contributed by atoms with Gasteiger partial charge in [0.1, 0.15) is 0 Å². The summed E-state index contributed by atoms with van der Waals surface area (Å²) in [6, 6.07) is 3.84. The first-order valence-electron chi connectivity index (χ1n) is 7.51. The fraction of sp³-hybridized carbons (Fsp3) is 0.438. The third-order valence-electron chi connectivity index (χ3n) is 3.18. The minimum Gasteiger partial charge on any atom is -0.481 e. The van der Waals surface area contributed by atoms with Crippen LogP contribution in [0.1, 0.15) is 23.2 Å². The molecule has 0 fully saturated rings. The molecule has 0 saturated carbocycles. The zero-order valence-electron chi connectivity index (χ0n) is 14.0. The van der Waals surface area contributed by atoms with Gasteiger partial charge in [-0.25, -0.2) is 15.0 Å². The standard InChI is InChI=1S/C16H23N5OS/c1-5-17-16(21(3)10-14-11-23-12(2)20-14)19-9-13-6-7-18-15(8-13)22-4/h6-8,11H,5,9-10H2,1-4H3,(H,17,19). The molecular formula is C16H23N5OS. The van der Waals surface area contributed by atoms with E-state index in [1.165, 1.54) is 0 Å². The number of guanidine groups is 1. The average molecular weight is 333 g/mol. The Morgan fingerprint density at radius 3 is 2.96 bits per heavy atom. The smallest absolute Gasteiger partial charge is 0.213 e. The van der Waals surface area contributed by atoms with E-state index in [-0.39, 0.29) is 0 Å². The molecule has 0 unspecified atom stereocenters. The van der Waals surface area contributed by atoms with Crippen LogP contribution in [0.4, 0.5) is 0 Å². The first kappa shape index (κ1) is 17.2. The summed E-state index contributed by atoms with van der Waals surface area (Å²) in [6.07, 6.45) is 1.73. The highest BCUT2D eigenvalue weighted by atomic mass is 32.1. The number of hydrogen-bond donors (Lipinski definition) is 1. The maximum Gasteiger partial charge on any atom is 0.213 e. The minimum atomic E-state index is 0.571. The Morgan fingerprint density at radius 1 is 1.48 bits per heavy atom. The average Bonchev–Trinajstić information content (AvgIpc) is 2.96. The van der Waals surface area contributed by atoms with Crippen molar-refractivity contribution in [3.63, 3.8) is 0 Å². The molecule has 23 heavy (non-hydrogen) atoms. The van der Waals surface area contributed by atoms with Crippen LogP contribution in [0, 0.1) is 6.92 Å². The van der Waals surface area contributed by atoms with Crippen LogP contribution >= 0.6 is 11.3 Å². The monoisotopic (exact) mass is 333 g/mol. The molecule has 0 amide bonds. The Hall–Kier alpha value is -2.15. The van der Waals surface area contributed by atoms with Crippen LogP contribution in [-0.2, 0) is 13.1 Å². The summed E-state index contributed by atoms with van der Waals surface area (Å²) in [6.45, 7) is 6.20. The van der Waals surface area contributed by atoms with E-state index in [9.17, 15) is 0 Å². The minimum absolute atomic E-state index is 0.571. The number of aliphatic imine (C=N–C) groups is 1. The highest BCUT2D eigenvalue weighted by Crippen LogP contribution is 2.11. The van der Waals surface area contributed by atoms with Gasteiger partial charge in [-0.05, 0) is 25.5 Å². The summed E-state index contributed by atoms with van der Waals surface area (Å²) in [7, 11) is 3.63. The molecule has 0 aliphatic carbocycles. The highest BCUT2D eigenvalue weighted by Gasteiger charge is 2.08. The summed E-state index contributed by atoms with van der Waals surface area (Å²) in [5.74, 6) is 1.46. The van der Waals surface area contributed by atoms with Crippen molar-refractivity contribution in [2.45, 2.75) is 26.9 Å². The van der Waals surface area contributed by atoms with Gasteiger partial charge >= 0.3 is 0 Å². The van der Waals surface area contributed by atoms with Gasteiger partial charge in [-0.3, -0.25) is 0 Å². The number of methoxy groups -OCH3 is 1. The Morgan fingerprint density at radius 2 is 2.30 bits per heavy atom. The first-order valence-corrected chi connectivity index (χ1v) is 8.39. The number of ether oxygens (including phenoxy) is 1. The van der Waals surface area contributed by atoms with Gasteiger partial charge in [0, 0.05) is 31.2 Å². The van der Waals surface area contributed by atoms with Crippen LogP contribution in [-0.4, -0.2) is 41.5 Å². The molecule has 0 aliphatic rings. The Bertz CT molecular complexity index is 655. The van der Waals surface area contributed by atoms with Gasteiger partial charge in [0.25, 0.3) is 0 Å². The lowest BCUT2D eigenvalue weighted by molar-refractivity contribution is 0.397. The fourth-order valence-corrected chi connectivity index (χ4v) is 2.70. The van der Waals surface area contributed by atoms with E-state index in [0.29, 0.717) is 12.4 Å². The molecule has 124 valence electrons. The number of rotatable bonds is 6. The second-order valence-corrected chi connectivity index (χ2v) is 6.15. The zero-order valence-corrected chi connectivity index (χ0v) is 14.9. The number of nitrogens with zero attached hydrogens (tertiary/aromatic N) is 4. The predicted octanol–water partition coefficient (Wildman–Crippen LogP) is 2.45. The molecule has 0 atom stereocenters. The Balaban J connectivity index is 2.06. The molecule has 0 aliphatic heterocycles. The van der Waals surface area contributed by atoms with Crippen LogP contribution in [0.3, 0.4) is 0 Å². The van der Waals surface area contributed by atoms with Crippen molar-refractivity contribution in [3.8, 4) is 5.88 Å². The lowest BCUT2D eigenvalue weighted by atomic mass is 10.3. The summed E-state index contributed by atoms with van der Waals surface area (Å²) >= 11 is 1.67. The molecule has 0 saturated heterocycles. The molecule has 7 heteroatoms. The van der Waals surface area contributed by atoms with Crippen LogP contribution in [0.5, 0.6) is 5.88 Å². The van der Waals surface area contributed by atoms with E-state index in [1.807, 2.05) is 26.1 Å². The van der Waals surface area contributed by atoms with Gasteiger partial charge in [0.05, 0.1) is 30.9 Å². The van der Waals surface area contributed by atoms with Crippen molar-refractivity contribution in [3.05, 3.63) is 40.0 Å². The fourth-order valence-electron chi connectivity index (χ4n) is 2.10. The lowest BCUT2D eigenvalue weighted by Crippen LogP contribution is -2.38. The summed E-state index contributed by atoms with van der Waals surface area (Å²) in [4.78, 5) is 15.4. The first-order chi connectivity index (χ1) is 11.1. The maximum atomic E-state index is 5.15. The van der Waals surface area contributed by atoms with E-state index in [1.54, 1.807) is 24.6 Å². The second-order valence-electron chi connectivity index (χ2n) is 5.09. The number of thiazole rings is 1. The van der Waals surface area contributed by atoms with Crippen LogP contribution < -0.4 is 10.1 Å². The summed E-state index contributed by atoms with van der Waals surface area (Å²) in [5.41, 5.74) is 2.12. The van der Waals surface area contributed by atoms with Gasteiger partial charge in [-0.2, -0.15) is 0 Å². The van der Waals surface area contributed by atoms with Gasteiger partial charge in [0.2, 0.25) is 5.88 Å². The molecule has 2 rings (SSSR count). The van der Waals surface area contributed by atoms with E-state index in [4.69, 9.17) is 4.74 Å². The van der Waals surface area contributed by atoms with Crippen molar-refractivity contribution < 1.29 is 4.74 Å². The third kappa shape index (κ3) is 5.21. The van der Waals surface area contributed by atoms with Gasteiger partial charge in [-0.15, -0.1) is 11.3 Å². The number of pyridine rings is 1. The van der Waals surface area contributed by atoms with Crippen molar-refractivity contribution in [2.75, 3.05) is 20.7 Å². The van der Waals surface area contributed by atoms with Crippen LogP contribution in [0.2, 0.25) is 0 Å². The molecule has 1 N–H and O–H groups in total. The SMILES string of the molecule is CCNC(=NCc1ccnc(OC)c1)N(C)Cc1csc(C)n1. The van der Waals surface area contributed by atoms with Gasteiger partial charge in [-0.1, -0.05) is 0 Å². The quantitative estimate of drug-likeness (QED) is 0.650. The number of aromatic nitrogens is 2. The number of nitrogens with one attached hydrogen (secondary N) is 1. The predicted molar refractivity (Wildman–Crippen MR) is 93.9 cm³/mol. The maximum absolute atomic E-state index is 5.15. The molecule has 0 spiro atoms. The van der Waals surface area contributed by atoms with Crippen molar-refractivity contribution in [2.24, 2.45) is 4.99 Å². The van der Waals surface area contributed by atoms with Gasteiger partial charge < -0.3 is 15.0 Å². The normalized spacial score (nSPS) is 11.4. The van der Waals surface area contributed by atoms with Crippen molar-refractivity contribution in [1.82, 2.24) is 20.2 Å². The second kappa shape index (κ2) is 8.47. The number of hydrogen-bond acceptors (Lipinski definition) is 5. The zero-order chi connectivity index (χ0) is 16.7. The van der Waals surface area contributed by atoms with Gasteiger partial charge in [0.15, 0.2) is 5.96 Å². The van der Waals surface area contributed by atoms with Crippen LogP contribution in [0.25, 0.3) is 0 Å². The van der Waals surface area contributed by atoms with E-state index >= 15 is 0 Å². The molecule has 2 heterocycles. The molecular weight excluding hydrogens is 310 g/mol. The van der Waals surface area contributed by atoms with E-state index in [2.05, 4.69) is 37.5 Å². The molecule has 2 aromatic rings. The number of aryl methyl sites for hydroxylation is 1. The highest BCUT2D eigenvalue weighted by molar-refractivity contribution is 7.09. The molecule has 0 aromatic carbocycles.